The van der Waals surface area contributed by atoms with Gasteiger partial charge in [0.05, 0.1) is 16.8 Å². The molecule has 0 aromatic heterocycles. The highest BCUT2D eigenvalue weighted by atomic mass is 16.2. The van der Waals surface area contributed by atoms with Crippen molar-refractivity contribution in [3.8, 4) is 0 Å². The Hall–Kier alpha value is -2.50. The fourth-order valence-corrected chi connectivity index (χ4v) is 1.88. The molecule has 0 fully saturated rings. The van der Waals surface area contributed by atoms with Crippen molar-refractivity contribution >= 4 is 29.3 Å². The smallest absolute Gasteiger partial charge is 0.259 e. The van der Waals surface area contributed by atoms with Crippen LogP contribution in [0.1, 0.15) is 34.6 Å². The predicted molar refractivity (Wildman–Crippen MR) is 62.1 cm³/mol. The Morgan fingerprint density at radius 2 is 1.56 bits per heavy atom. The molecule has 1 N–H and O–H groups in total. The second-order valence-corrected chi connectivity index (χ2v) is 3.89. The quantitative estimate of drug-likeness (QED) is 0.730. The molecule has 0 radical (unpaired) electrons. The first kappa shape index (κ1) is 12.0. The van der Waals surface area contributed by atoms with Crippen LogP contribution in [0.5, 0.6) is 0 Å². The van der Waals surface area contributed by atoms with Crippen LogP contribution in [-0.2, 0) is 9.59 Å². The average Bonchev–Trinajstić information content (AvgIpc) is 2.53. The normalized spacial score (nSPS) is 13.0. The minimum Gasteiger partial charge on any atom is -0.288 e. The van der Waals surface area contributed by atoms with E-state index in [1.807, 2.05) is 0 Å². The van der Waals surface area contributed by atoms with E-state index >= 15 is 0 Å². The van der Waals surface area contributed by atoms with Gasteiger partial charge in [-0.05, 0) is 18.2 Å². The molecular formula is C12H10N2O4. The molecule has 0 spiro atoms. The Kier molecular flexibility index (Phi) is 2.70. The Morgan fingerprint density at radius 3 is 2.11 bits per heavy atom. The summed E-state index contributed by atoms with van der Waals surface area (Å²) in [6.45, 7) is 2.50. The molecule has 1 aliphatic heterocycles. The number of carbonyl (C=O) groups excluding carboxylic acids is 4. The number of hydrogen-bond acceptors (Lipinski definition) is 4. The van der Waals surface area contributed by atoms with Gasteiger partial charge in [0.25, 0.3) is 11.8 Å². The molecule has 18 heavy (non-hydrogen) atoms. The summed E-state index contributed by atoms with van der Waals surface area (Å²) in [4.78, 5) is 46.5. The van der Waals surface area contributed by atoms with E-state index in [1.165, 1.54) is 32.0 Å². The Morgan fingerprint density at radius 1 is 1.00 bits per heavy atom. The molecule has 1 heterocycles. The summed E-state index contributed by atoms with van der Waals surface area (Å²) in [6.07, 6.45) is 0. The number of benzene rings is 1. The largest absolute Gasteiger partial charge is 0.288 e. The van der Waals surface area contributed by atoms with E-state index in [9.17, 15) is 19.2 Å². The van der Waals surface area contributed by atoms with Crippen LogP contribution in [0.25, 0.3) is 0 Å². The van der Waals surface area contributed by atoms with Crippen LogP contribution in [0.2, 0.25) is 0 Å². The van der Waals surface area contributed by atoms with Crippen LogP contribution in [0.15, 0.2) is 18.2 Å². The number of imide groups is 2. The number of hydrogen-bond donors (Lipinski definition) is 1. The van der Waals surface area contributed by atoms with Crippen LogP contribution >= 0.6 is 0 Å². The minimum atomic E-state index is -0.524. The zero-order valence-corrected chi connectivity index (χ0v) is 9.81. The summed E-state index contributed by atoms with van der Waals surface area (Å²) in [6, 6.07) is 4.24. The molecule has 6 heteroatoms. The van der Waals surface area contributed by atoms with E-state index < -0.39 is 23.6 Å². The average molecular weight is 246 g/mol. The molecule has 0 saturated carbocycles. The second-order valence-electron chi connectivity index (χ2n) is 3.89. The van der Waals surface area contributed by atoms with Crippen molar-refractivity contribution in [1.29, 1.82) is 0 Å². The number of carbonyl (C=O) groups is 4. The third-order valence-corrected chi connectivity index (χ3v) is 2.61. The van der Waals surface area contributed by atoms with Crippen LogP contribution in [-0.4, -0.2) is 23.6 Å². The highest BCUT2D eigenvalue weighted by molar-refractivity contribution is 6.22. The predicted octanol–water partition coefficient (Wildman–Crippen LogP) is 0.470. The van der Waals surface area contributed by atoms with E-state index in [0.717, 1.165) is 4.90 Å². The van der Waals surface area contributed by atoms with Gasteiger partial charge < -0.3 is 0 Å². The second kappa shape index (κ2) is 4.06. The lowest BCUT2D eigenvalue weighted by molar-refractivity contribution is -0.124. The van der Waals surface area contributed by atoms with Gasteiger partial charge in [-0.15, -0.1) is 0 Å². The van der Waals surface area contributed by atoms with Crippen molar-refractivity contribution in [2.75, 3.05) is 4.90 Å². The van der Waals surface area contributed by atoms with Crippen molar-refractivity contribution in [3.05, 3.63) is 29.3 Å². The molecule has 0 saturated heterocycles. The summed E-state index contributed by atoms with van der Waals surface area (Å²) in [5, 5.41) is 2.14. The lowest BCUT2D eigenvalue weighted by Crippen LogP contribution is -2.33. The van der Waals surface area contributed by atoms with Gasteiger partial charge in [0, 0.05) is 13.8 Å². The first-order chi connectivity index (χ1) is 8.41. The fourth-order valence-electron chi connectivity index (χ4n) is 1.88. The van der Waals surface area contributed by atoms with Crippen LogP contribution < -0.4 is 10.2 Å². The lowest BCUT2D eigenvalue weighted by atomic mass is 10.1. The monoisotopic (exact) mass is 246 g/mol. The van der Waals surface area contributed by atoms with Gasteiger partial charge in [0.1, 0.15) is 0 Å². The summed E-state index contributed by atoms with van der Waals surface area (Å²) in [5.74, 6) is -1.90. The molecule has 0 atom stereocenters. The Balaban J connectivity index is 2.52. The molecular weight excluding hydrogens is 236 g/mol. The number of anilines is 1. The number of nitrogens with one attached hydrogen (secondary N) is 1. The molecule has 1 aliphatic rings. The van der Waals surface area contributed by atoms with Crippen LogP contribution in [0.4, 0.5) is 5.69 Å². The van der Waals surface area contributed by atoms with Gasteiger partial charge >= 0.3 is 0 Å². The third-order valence-electron chi connectivity index (χ3n) is 2.61. The summed E-state index contributed by atoms with van der Waals surface area (Å²) in [5.41, 5.74) is 0.694. The van der Waals surface area contributed by atoms with E-state index in [0.29, 0.717) is 0 Å². The highest BCUT2D eigenvalue weighted by Crippen LogP contribution is 2.23. The Labute approximate surface area is 103 Å². The van der Waals surface area contributed by atoms with Crippen LogP contribution in [0, 0.1) is 0 Å². The number of fused-ring (bicyclic) bond motifs is 1. The van der Waals surface area contributed by atoms with Gasteiger partial charge in [-0.2, -0.15) is 0 Å². The summed E-state index contributed by atoms with van der Waals surface area (Å²) in [7, 11) is 0. The summed E-state index contributed by atoms with van der Waals surface area (Å²) >= 11 is 0. The maximum absolute atomic E-state index is 11.5. The fraction of sp³-hybridized carbons (Fsp3) is 0.167. The molecule has 0 aliphatic carbocycles. The van der Waals surface area contributed by atoms with Gasteiger partial charge in [0.15, 0.2) is 0 Å². The molecule has 0 unspecified atom stereocenters. The van der Waals surface area contributed by atoms with E-state index in [2.05, 4.69) is 5.32 Å². The van der Waals surface area contributed by atoms with E-state index in [-0.39, 0.29) is 16.8 Å². The molecule has 2 rings (SSSR count). The molecule has 1 aromatic rings. The van der Waals surface area contributed by atoms with Crippen molar-refractivity contribution in [2.45, 2.75) is 13.8 Å². The number of amides is 4. The van der Waals surface area contributed by atoms with Crippen molar-refractivity contribution < 1.29 is 19.2 Å². The minimum absolute atomic E-state index is 0.171. The van der Waals surface area contributed by atoms with Gasteiger partial charge in [-0.1, -0.05) is 0 Å². The maximum Gasteiger partial charge on any atom is 0.259 e. The standard InChI is InChI=1S/C12H10N2O4/c1-6(15)14(7(2)16)8-3-4-9-10(5-8)12(18)13-11(9)17/h3-5H,1-2H3,(H,13,17,18). The Bertz CT molecular complexity index is 578. The molecule has 4 amide bonds. The topological polar surface area (TPSA) is 83.6 Å². The number of rotatable bonds is 1. The van der Waals surface area contributed by atoms with Gasteiger partial charge in [-0.25, -0.2) is 0 Å². The maximum atomic E-state index is 11.5. The van der Waals surface area contributed by atoms with Crippen molar-refractivity contribution in [3.63, 3.8) is 0 Å². The number of nitrogens with zero attached hydrogens (tertiary/aromatic N) is 1. The van der Waals surface area contributed by atoms with Crippen LogP contribution in [0.3, 0.4) is 0 Å². The van der Waals surface area contributed by atoms with E-state index in [4.69, 9.17) is 0 Å². The van der Waals surface area contributed by atoms with Crippen molar-refractivity contribution in [1.82, 2.24) is 5.32 Å². The SMILES string of the molecule is CC(=O)N(C(C)=O)c1ccc2c(c1)C(=O)NC2=O. The molecule has 0 bridgehead atoms. The zero-order valence-electron chi connectivity index (χ0n) is 9.81. The third kappa shape index (κ3) is 1.77. The van der Waals surface area contributed by atoms with Gasteiger partial charge in [0.2, 0.25) is 11.8 Å². The highest BCUT2D eigenvalue weighted by Gasteiger charge is 2.28. The molecule has 92 valence electrons. The molecule has 6 nitrogen and oxygen atoms in total. The zero-order chi connectivity index (χ0) is 13.4. The van der Waals surface area contributed by atoms with Crippen molar-refractivity contribution in [2.24, 2.45) is 0 Å². The first-order valence-electron chi connectivity index (χ1n) is 5.23. The first-order valence-corrected chi connectivity index (χ1v) is 5.23. The summed E-state index contributed by atoms with van der Waals surface area (Å²) < 4.78 is 0. The van der Waals surface area contributed by atoms with E-state index in [1.54, 1.807) is 0 Å². The van der Waals surface area contributed by atoms with Gasteiger partial charge in [-0.3, -0.25) is 29.4 Å². The lowest BCUT2D eigenvalue weighted by Gasteiger charge is -2.17. The molecule has 1 aromatic carbocycles.